The molecule has 108 valence electrons. The molecule has 0 aliphatic rings. The van der Waals surface area contributed by atoms with Gasteiger partial charge in [-0.25, -0.2) is 8.78 Å². The molecule has 0 aliphatic heterocycles. The highest BCUT2D eigenvalue weighted by molar-refractivity contribution is 6.31. The Morgan fingerprint density at radius 2 is 2.10 bits per heavy atom. The molecule has 0 bridgehead atoms. The number of hydrogen-bond acceptors (Lipinski definition) is 2. The van der Waals surface area contributed by atoms with Crippen molar-refractivity contribution in [3.63, 3.8) is 0 Å². The van der Waals surface area contributed by atoms with E-state index in [0.29, 0.717) is 23.6 Å². The molecule has 0 spiro atoms. The number of halogens is 3. The van der Waals surface area contributed by atoms with Crippen LogP contribution in [0.25, 0.3) is 0 Å². The lowest BCUT2D eigenvalue weighted by atomic mass is 10.0. The number of aryl methyl sites for hydroxylation is 1. The van der Waals surface area contributed by atoms with Gasteiger partial charge in [-0.15, -0.1) is 0 Å². The first-order valence-electron chi connectivity index (χ1n) is 6.43. The van der Waals surface area contributed by atoms with Crippen LogP contribution in [0.2, 0.25) is 5.02 Å². The summed E-state index contributed by atoms with van der Waals surface area (Å²) >= 11 is 6.10. The molecule has 1 aromatic carbocycles. The minimum Gasteiger partial charge on any atom is -0.322 e. The van der Waals surface area contributed by atoms with Crippen molar-refractivity contribution in [1.29, 1.82) is 0 Å². The fraction of sp³-hybridized carbons (Fsp3) is 0.357. The Morgan fingerprint density at radius 1 is 1.35 bits per heavy atom. The fourth-order valence-corrected chi connectivity index (χ4v) is 2.43. The van der Waals surface area contributed by atoms with E-state index in [0.717, 1.165) is 24.2 Å². The zero-order chi connectivity index (χ0) is 14.7. The SMILES string of the molecule is CCCn1ncc(Cl)c1C(N)Cc1ccc(F)c(F)c1. The summed E-state index contributed by atoms with van der Waals surface area (Å²) in [6, 6.07) is 3.36. The largest absolute Gasteiger partial charge is 0.322 e. The summed E-state index contributed by atoms with van der Waals surface area (Å²) in [4.78, 5) is 0. The van der Waals surface area contributed by atoms with Crippen molar-refractivity contribution in [2.75, 3.05) is 0 Å². The number of aromatic nitrogens is 2. The van der Waals surface area contributed by atoms with E-state index in [1.165, 1.54) is 6.07 Å². The summed E-state index contributed by atoms with van der Waals surface area (Å²) in [6.45, 7) is 2.74. The normalized spacial score (nSPS) is 12.7. The molecule has 2 N–H and O–H groups in total. The molecule has 0 fully saturated rings. The molecule has 0 saturated heterocycles. The van der Waals surface area contributed by atoms with E-state index in [9.17, 15) is 8.78 Å². The zero-order valence-electron chi connectivity index (χ0n) is 11.1. The number of hydrogen-bond donors (Lipinski definition) is 1. The van der Waals surface area contributed by atoms with E-state index >= 15 is 0 Å². The van der Waals surface area contributed by atoms with Crippen LogP contribution in [0.4, 0.5) is 8.78 Å². The Kier molecular flexibility index (Phi) is 4.73. The Bertz CT molecular complexity index is 598. The second kappa shape index (κ2) is 6.33. The topological polar surface area (TPSA) is 43.8 Å². The maximum absolute atomic E-state index is 13.2. The van der Waals surface area contributed by atoms with E-state index in [-0.39, 0.29) is 0 Å². The van der Waals surface area contributed by atoms with Crippen LogP contribution in [0.15, 0.2) is 24.4 Å². The van der Waals surface area contributed by atoms with Crippen LogP contribution in [-0.4, -0.2) is 9.78 Å². The molecule has 1 heterocycles. The minimum atomic E-state index is -0.872. The van der Waals surface area contributed by atoms with Crippen molar-refractivity contribution in [2.24, 2.45) is 5.73 Å². The van der Waals surface area contributed by atoms with Crippen LogP contribution in [0.3, 0.4) is 0 Å². The highest BCUT2D eigenvalue weighted by atomic mass is 35.5. The molecule has 2 rings (SSSR count). The first-order valence-corrected chi connectivity index (χ1v) is 6.81. The predicted molar refractivity (Wildman–Crippen MR) is 74.5 cm³/mol. The van der Waals surface area contributed by atoms with Gasteiger partial charge in [-0.2, -0.15) is 5.10 Å². The molecule has 1 atom stereocenters. The van der Waals surface area contributed by atoms with Gasteiger partial charge in [0, 0.05) is 6.54 Å². The molecular formula is C14H16ClF2N3. The van der Waals surface area contributed by atoms with Gasteiger partial charge in [0.05, 0.1) is 23.0 Å². The van der Waals surface area contributed by atoms with Crippen LogP contribution >= 0.6 is 11.6 Å². The highest BCUT2D eigenvalue weighted by Crippen LogP contribution is 2.24. The summed E-state index contributed by atoms with van der Waals surface area (Å²) in [5, 5.41) is 4.66. The Hall–Kier alpha value is -1.46. The molecule has 6 heteroatoms. The van der Waals surface area contributed by atoms with Crippen molar-refractivity contribution in [1.82, 2.24) is 9.78 Å². The van der Waals surface area contributed by atoms with Crippen molar-refractivity contribution in [3.8, 4) is 0 Å². The summed E-state index contributed by atoms with van der Waals surface area (Å²) in [5.41, 5.74) is 7.47. The van der Waals surface area contributed by atoms with Crippen LogP contribution in [0.1, 0.15) is 30.6 Å². The van der Waals surface area contributed by atoms with E-state index in [2.05, 4.69) is 5.10 Å². The summed E-state index contributed by atoms with van der Waals surface area (Å²) in [7, 11) is 0. The molecule has 0 saturated carbocycles. The average molecular weight is 300 g/mol. The quantitative estimate of drug-likeness (QED) is 0.919. The summed E-state index contributed by atoms with van der Waals surface area (Å²) < 4.78 is 27.8. The monoisotopic (exact) mass is 299 g/mol. The summed E-state index contributed by atoms with van der Waals surface area (Å²) in [6.07, 6.45) is 2.83. The van der Waals surface area contributed by atoms with Gasteiger partial charge in [0.1, 0.15) is 0 Å². The third-order valence-corrected chi connectivity index (χ3v) is 3.35. The van der Waals surface area contributed by atoms with Crippen molar-refractivity contribution in [2.45, 2.75) is 32.4 Å². The second-order valence-electron chi connectivity index (χ2n) is 4.66. The molecular weight excluding hydrogens is 284 g/mol. The second-order valence-corrected chi connectivity index (χ2v) is 5.07. The van der Waals surface area contributed by atoms with Crippen LogP contribution in [0, 0.1) is 11.6 Å². The Morgan fingerprint density at radius 3 is 2.75 bits per heavy atom. The van der Waals surface area contributed by atoms with Crippen LogP contribution in [0.5, 0.6) is 0 Å². The Balaban J connectivity index is 2.21. The number of rotatable bonds is 5. The maximum atomic E-state index is 13.2. The van der Waals surface area contributed by atoms with Gasteiger partial charge in [-0.3, -0.25) is 4.68 Å². The third kappa shape index (κ3) is 3.16. The van der Waals surface area contributed by atoms with E-state index < -0.39 is 17.7 Å². The van der Waals surface area contributed by atoms with Gasteiger partial charge in [-0.05, 0) is 30.5 Å². The lowest BCUT2D eigenvalue weighted by Gasteiger charge is -2.15. The van der Waals surface area contributed by atoms with Crippen LogP contribution < -0.4 is 5.73 Å². The van der Waals surface area contributed by atoms with Crippen molar-refractivity contribution < 1.29 is 8.78 Å². The molecule has 1 aromatic heterocycles. The molecule has 3 nitrogen and oxygen atoms in total. The van der Waals surface area contributed by atoms with E-state index in [1.807, 2.05) is 6.92 Å². The van der Waals surface area contributed by atoms with E-state index in [4.69, 9.17) is 17.3 Å². The van der Waals surface area contributed by atoms with Gasteiger partial charge in [0.2, 0.25) is 0 Å². The lowest BCUT2D eigenvalue weighted by molar-refractivity contribution is 0.504. The maximum Gasteiger partial charge on any atom is 0.159 e. The molecule has 0 radical (unpaired) electrons. The zero-order valence-corrected chi connectivity index (χ0v) is 11.9. The first kappa shape index (κ1) is 14.9. The van der Waals surface area contributed by atoms with E-state index in [1.54, 1.807) is 10.9 Å². The predicted octanol–water partition coefficient (Wildman–Crippen LogP) is 3.47. The van der Waals surface area contributed by atoms with Gasteiger partial charge in [0.15, 0.2) is 11.6 Å². The smallest absolute Gasteiger partial charge is 0.159 e. The minimum absolute atomic E-state index is 0.367. The lowest BCUT2D eigenvalue weighted by Crippen LogP contribution is -2.19. The van der Waals surface area contributed by atoms with Crippen molar-refractivity contribution >= 4 is 11.6 Å². The standard InChI is InChI=1S/C14H16ClF2N3/c1-2-5-20-14(10(15)8-19-20)13(18)7-9-3-4-11(16)12(17)6-9/h3-4,6,8,13H,2,5,7,18H2,1H3. The van der Waals surface area contributed by atoms with Gasteiger partial charge < -0.3 is 5.73 Å². The van der Waals surface area contributed by atoms with Gasteiger partial charge >= 0.3 is 0 Å². The molecule has 1 unspecified atom stereocenters. The number of nitrogens with two attached hydrogens (primary N) is 1. The van der Waals surface area contributed by atoms with Gasteiger partial charge in [0.25, 0.3) is 0 Å². The molecule has 20 heavy (non-hydrogen) atoms. The first-order chi connectivity index (χ1) is 9.52. The molecule has 0 aliphatic carbocycles. The number of nitrogens with zero attached hydrogens (tertiary/aromatic N) is 2. The summed E-state index contributed by atoms with van der Waals surface area (Å²) in [5.74, 6) is -1.74. The van der Waals surface area contributed by atoms with Crippen molar-refractivity contribution in [3.05, 3.63) is 52.3 Å². The molecule has 0 amide bonds. The highest BCUT2D eigenvalue weighted by Gasteiger charge is 2.17. The van der Waals surface area contributed by atoms with Gasteiger partial charge in [-0.1, -0.05) is 24.6 Å². The third-order valence-electron chi connectivity index (χ3n) is 3.06. The fourth-order valence-electron chi connectivity index (χ4n) is 2.15. The number of benzene rings is 1. The average Bonchev–Trinajstić information content (AvgIpc) is 2.76. The Labute approximate surface area is 121 Å². The van der Waals surface area contributed by atoms with Crippen LogP contribution in [-0.2, 0) is 13.0 Å². The molecule has 2 aromatic rings.